The van der Waals surface area contributed by atoms with Gasteiger partial charge in [0.05, 0.1) is 18.2 Å². The van der Waals surface area contributed by atoms with E-state index in [1.165, 1.54) is 16.8 Å². The maximum Gasteiger partial charge on any atom is 0.437 e. The number of hydrogen-bond donors (Lipinski definition) is 2. The number of aromatic nitrogens is 2. The molecule has 1 fully saturated rings. The molecule has 1 aliphatic rings. The summed E-state index contributed by atoms with van der Waals surface area (Å²) in [4.78, 5) is 38.3. The third kappa shape index (κ3) is 5.84. The molecule has 1 aromatic carbocycles. The van der Waals surface area contributed by atoms with Crippen LogP contribution in [0.1, 0.15) is 29.8 Å². The number of anilines is 1. The molecule has 0 radical (unpaired) electrons. The Labute approximate surface area is 174 Å². The zero-order valence-corrected chi connectivity index (χ0v) is 17.7. The highest BCUT2D eigenvalue weighted by molar-refractivity contribution is 7.60. The first-order chi connectivity index (χ1) is 14.3. The van der Waals surface area contributed by atoms with Crippen LogP contribution >= 0.6 is 7.94 Å². The third-order valence-electron chi connectivity index (χ3n) is 4.23. The number of nitrogens with two attached hydrogens (primary N) is 1. The number of esters is 1. The van der Waals surface area contributed by atoms with Gasteiger partial charge in [-0.15, -0.1) is 0 Å². The lowest BCUT2D eigenvalue weighted by molar-refractivity contribution is -0.0261. The van der Waals surface area contributed by atoms with Crippen molar-refractivity contribution in [3.05, 3.63) is 58.1 Å². The second-order valence-corrected chi connectivity index (χ2v) is 9.07. The minimum Gasteiger partial charge on any atom is -0.459 e. The van der Waals surface area contributed by atoms with Crippen molar-refractivity contribution in [2.75, 3.05) is 18.7 Å². The van der Waals surface area contributed by atoms with Crippen LogP contribution in [0.5, 0.6) is 0 Å². The van der Waals surface area contributed by atoms with Crippen LogP contribution in [0.2, 0.25) is 0 Å². The summed E-state index contributed by atoms with van der Waals surface area (Å²) in [6, 6.07) is 8.36. The van der Waals surface area contributed by atoms with Crippen LogP contribution in [0, 0.1) is 0 Å². The summed E-state index contributed by atoms with van der Waals surface area (Å²) in [6.45, 7) is 3.74. The molecule has 3 rings (SSSR count). The van der Waals surface area contributed by atoms with Gasteiger partial charge < -0.3 is 15.2 Å². The van der Waals surface area contributed by atoms with Crippen LogP contribution in [0.3, 0.4) is 0 Å². The zero-order chi connectivity index (χ0) is 21.7. The first-order valence-corrected chi connectivity index (χ1v) is 11.2. The Morgan fingerprint density at radius 2 is 2.17 bits per heavy atom. The summed E-state index contributed by atoms with van der Waals surface area (Å²) in [7, 11) is -3.27. The van der Waals surface area contributed by atoms with E-state index >= 15 is 0 Å². The molecule has 0 amide bonds. The van der Waals surface area contributed by atoms with Gasteiger partial charge in [0.25, 0.3) is 0 Å². The maximum absolute atomic E-state index is 12.2. The largest absolute Gasteiger partial charge is 0.459 e. The second kappa shape index (κ2) is 9.63. The highest BCUT2D eigenvalue weighted by Gasteiger charge is 2.47. The van der Waals surface area contributed by atoms with Crippen molar-refractivity contribution >= 4 is 19.7 Å². The fourth-order valence-corrected chi connectivity index (χ4v) is 4.12. The van der Waals surface area contributed by atoms with E-state index in [1.807, 2.05) is 0 Å². The van der Waals surface area contributed by atoms with E-state index < -0.39 is 25.7 Å². The number of benzene rings is 1. The quantitative estimate of drug-likeness (QED) is 0.489. The van der Waals surface area contributed by atoms with Gasteiger partial charge in [-0.3, -0.25) is 4.57 Å². The molecule has 11 heteroatoms. The Kier molecular flexibility index (Phi) is 7.17. The van der Waals surface area contributed by atoms with E-state index in [2.05, 4.69) is 4.98 Å². The highest BCUT2D eigenvalue weighted by Crippen LogP contribution is 2.59. The molecule has 1 aliphatic heterocycles. The topological polar surface area (TPSA) is 135 Å². The molecule has 1 aromatic heterocycles. The Balaban J connectivity index is 1.56. The fourth-order valence-electron chi connectivity index (χ4n) is 2.76. The predicted molar refractivity (Wildman–Crippen MR) is 110 cm³/mol. The van der Waals surface area contributed by atoms with Crippen molar-refractivity contribution in [3.8, 4) is 0 Å². The van der Waals surface area contributed by atoms with Gasteiger partial charge in [-0.25, -0.2) is 9.59 Å². The van der Waals surface area contributed by atoms with Crippen molar-refractivity contribution in [1.82, 2.24) is 9.55 Å². The zero-order valence-electron chi connectivity index (χ0n) is 16.8. The lowest BCUT2D eigenvalue weighted by Crippen LogP contribution is -2.36. The second-order valence-electron chi connectivity index (χ2n) is 7.02. The summed E-state index contributed by atoms with van der Waals surface area (Å²) in [5.74, 6) is -0.318. The molecule has 0 bridgehead atoms. The molecule has 2 aromatic rings. The van der Waals surface area contributed by atoms with Crippen molar-refractivity contribution in [1.29, 1.82) is 0 Å². The van der Waals surface area contributed by atoms with Crippen molar-refractivity contribution in [2.24, 2.45) is 0 Å². The molecule has 3 N–H and O–H groups in total. The van der Waals surface area contributed by atoms with Gasteiger partial charge in [0.1, 0.15) is 25.1 Å². The number of hydrogen-bond acceptors (Lipinski definition) is 9. The summed E-state index contributed by atoms with van der Waals surface area (Å²) < 4.78 is 23.4. The van der Waals surface area contributed by atoms with Gasteiger partial charge >= 0.3 is 19.6 Å². The number of ether oxygens (including phenoxy) is 2. The van der Waals surface area contributed by atoms with Crippen molar-refractivity contribution < 1.29 is 28.2 Å². The van der Waals surface area contributed by atoms with Crippen LogP contribution in [0.25, 0.3) is 0 Å². The summed E-state index contributed by atoms with van der Waals surface area (Å²) in [6.07, 6.45) is 0.658. The third-order valence-corrected chi connectivity index (χ3v) is 5.79. The highest BCUT2D eigenvalue weighted by atomic mass is 31.2. The molecule has 2 heterocycles. The summed E-state index contributed by atoms with van der Waals surface area (Å²) in [5, 5.41) is 0. The Bertz CT molecular complexity index is 942. The fraction of sp³-hybridized carbons (Fsp3) is 0.421. The monoisotopic (exact) mass is 438 g/mol. The molecule has 30 heavy (non-hydrogen) atoms. The first kappa shape index (κ1) is 22.3. The average Bonchev–Trinajstić information content (AvgIpc) is 2.70. The van der Waals surface area contributed by atoms with E-state index in [0.717, 1.165) is 0 Å². The smallest absolute Gasteiger partial charge is 0.437 e. The molecule has 162 valence electrons. The van der Waals surface area contributed by atoms with E-state index in [1.54, 1.807) is 38.1 Å². The van der Waals surface area contributed by atoms with Gasteiger partial charge in [0, 0.05) is 6.20 Å². The molecule has 2 atom stereocenters. The number of carbonyl (C=O) groups is 1. The van der Waals surface area contributed by atoms with E-state index in [0.29, 0.717) is 11.1 Å². The van der Waals surface area contributed by atoms with E-state index in [-0.39, 0.29) is 38.0 Å². The molecule has 0 saturated carbocycles. The standard InChI is InChI=1S/C19H24N3O7P/c1-13(2)29-18(23)16-6-4-3-5-14(16)10-27-30(25)12-26-15(11-28-30)9-22-8-7-17(20)21-19(22)24/h3-8,13,15,25H,9-12H2,1-2H3,(H-,20,21,24)/p+1/t15-,30?/m0/s1. The van der Waals surface area contributed by atoms with Gasteiger partial charge in [-0.05, 0) is 31.5 Å². The SMILES string of the molecule is CC(C)OC(=O)c1ccccc1CO[P+]1(O)CO[C@@H](Cn2ccc(N)nc2=O)CO1. The van der Waals surface area contributed by atoms with Crippen LogP contribution in [-0.4, -0.2) is 45.6 Å². The van der Waals surface area contributed by atoms with Crippen LogP contribution in [0.15, 0.2) is 41.3 Å². The van der Waals surface area contributed by atoms with Gasteiger partial charge in [-0.1, -0.05) is 18.2 Å². The number of rotatable bonds is 7. The Morgan fingerprint density at radius 3 is 2.83 bits per heavy atom. The number of nitrogen functional groups attached to an aromatic ring is 1. The number of carbonyl (C=O) groups excluding carboxylic acids is 1. The average molecular weight is 438 g/mol. The Hall–Kier alpha value is -2.36. The lowest BCUT2D eigenvalue weighted by Gasteiger charge is -2.27. The molecule has 0 aliphatic carbocycles. The van der Waals surface area contributed by atoms with E-state index in [4.69, 9.17) is 24.3 Å². The molecule has 10 nitrogen and oxygen atoms in total. The van der Waals surface area contributed by atoms with Gasteiger partial charge in [0.2, 0.25) is 6.35 Å². The van der Waals surface area contributed by atoms with Crippen molar-refractivity contribution in [2.45, 2.75) is 39.2 Å². The Morgan fingerprint density at radius 1 is 1.40 bits per heavy atom. The molecular formula is C19H25N3O7P+. The normalized spacial score (nSPS) is 21.5. The van der Waals surface area contributed by atoms with E-state index in [9.17, 15) is 14.5 Å². The number of nitrogens with zero attached hydrogens (tertiary/aromatic N) is 2. The summed E-state index contributed by atoms with van der Waals surface area (Å²) >= 11 is 0. The van der Waals surface area contributed by atoms with Gasteiger partial charge in [-0.2, -0.15) is 18.9 Å². The van der Waals surface area contributed by atoms with Crippen molar-refractivity contribution in [3.63, 3.8) is 0 Å². The van der Waals surface area contributed by atoms with Gasteiger partial charge in [0.15, 0.2) is 0 Å². The summed E-state index contributed by atoms with van der Waals surface area (Å²) in [5.41, 5.74) is 5.92. The molecule has 1 saturated heterocycles. The van der Waals surface area contributed by atoms with Crippen LogP contribution in [0.4, 0.5) is 5.82 Å². The first-order valence-electron chi connectivity index (χ1n) is 9.39. The van der Waals surface area contributed by atoms with Crippen LogP contribution < -0.4 is 11.4 Å². The predicted octanol–water partition coefficient (Wildman–Crippen LogP) is 1.74. The maximum atomic E-state index is 12.2. The van der Waals surface area contributed by atoms with Crippen LogP contribution in [-0.2, 0) is 31.7 Å². The molecule has 0 spiro atoms. The lowest BCUT2D eigenvalue weighted by atomic mass is 10.1. The molecule has 1 unspecified atom stereocenters. The molecular weight excluding hydrogens is 413 g/mol. The minimum absolute atomic E-state index is 0.0387. The minimum atomic E-state index is -3.27.